The molecule has 1 aliphatic rings. The van der Waals surface area contributed by atoms with Gasteiger partial charge in [0.2, 0.25) is 0 Å². The zero-order chi connectivity index (χ0) is 11.4. The number of rotatable bonds is 2. The maximum Gasteiger partial charge on any atom is 0.123 e. The van der Waals surface area contributed by atoms with E-state index in [2.05, 4.69) is 17.2 Å². The van der Waals surface area contributed by atoms with Crippen LogP contribution in [0.3, 0.4) is 0 Å². The lowest BCUT2D eigenvalue weighted by molar-refractivity contribution is 0.502. The van der Waals surface area contributed by atoms with E-state index in [-0.39, 0.29) is 0 Å². The van der Waals surface area contributed by atoms with Crippen LogP contribution in [-0.2, 0) is 0 Å². The molecule has 88 valence electrons. The van der Waals surface area contributed by atoms with E-state index in [4.69, 9.17) is 5.73 Å². The van der Waals surface area contributed by atoms with Crippen LogP contribution in [-0.4, -0.2) is 11.0 Å². The maximum absolute atomic E-state index is 5.56. The van der Waals surface area contributed by atoms with Gasteiger partial charge in [0.25, 0.3) is 0 Å². The fourth-order valence-electron chi connectivity index (χ4n) is 2.36. The highest BCUT2D eigenvalue weighted by atomic mass is 14.9. The molecule has 1 aliphatic carbocycles. The Morgan fingerprint density at radius 1 is 1.25 bits per heavy atom. The molecule has 1 saturated carbocycles. The van der Waals surface area contributed by atoms with Crippen LogP contribution < -0.4 is 11.1 Å². The highest BCUT2D eigenvalue weighted by Crippen LogP contribution is 2.24. The topological polar surface area (TPSA) is 50.9 Å². The molecule has 1 aromatic heterocycles. The number of nitrogens with one attached hydrogen (secondary N) is 1. The summed E-state index contributed by atoms with van der Waals surface area (Å²) in [7, 11) is 0. The smallest absolute Gasteiger partial charge is 0.123 e. The van der Waals surface area contributed by atoms with Crippen molar-refractivity contribution in [2.75, 3.05) is 11.1 Å². The van der Waals surface area contributed by atoms with E-state index < -0.39 is 0 Å². The molecule has 1 aromatic rings. The van der Waals surface area contributed by atoms with Gasteiger partial charge < -0.3 is 11.1 Å². The first-order valence-electron chi connectivity index (χ1n) is 6.22. The Bertz CT molecular complexity index is 320. The van der Waals surface area contributed by atoms with Crippen molar-refractivity contribution in [3.63, 3.8) is 0 Å². The van der Waals surface area contributed by atoms with E-state index in [0.717, 1.165) is 11.6 Å². The van der Waals surface area contributed by atoms with Gasteiger partial charge >= 0.3 is 0 Å². The monoisotopic (exact) mass is 219 g/mol. The van der Waals surface area contributed by atoms with Crippen molar-refractivity contribution in [3.05, 3.63) is 18.3 Å². The Hall–Kier alpha value is -1.25. The standard InChI is InChI=1S/C13H21N3/c1-10-3-2-4-11(6-5-10)16-12-7-8-13(14)15-9-12/h7-11,16H,2-6H2,1H3,(H2,14,15). The summed E-state index contributed by atoms with van der Waals surface area (Å²) < 4.78 is 0. The molecule has 2 unspecified atom stereocenters. The van der Waals surface area contributed by atoms with Gasteiger partial charge in [0.05, 0.1) is 11.9 Å². The summed E-state index contributed by atoms with van der Waals surface area (Å²) in [5.41, 5.74) is 6.66. The van der Waals surface area contributed by atoms with Crippen molar-refractivity contribution >= 4 is 11.5 Å². The SMILES string of the molecule is CC1CCCC(Nc2ccc(N)nc2)CC1. The third-order valence-electron chi connectivity index (χ3n) is 3.41. The van der Waals surface area contributed by atoms with Crippen molar-refractivity contribution in [1.82, 2.24) is 4.98 Å². The molecule has 0 radical (unpaired) electrons. The van der Waals surface area contributed by atoms with Crippen LogP contribution in [0.4, 0.5) is 11.5 Å². The van der Waals surface area contributed by atoms with Gasteiger partial charge in [-0.1, -0.05) is 19.8 Å². The number of pyridine rings is 1. The molecule has 16 heavy (non-hydrogen) atoms. The van der Waals surface area contributed by atoms with Crippen LogP contribution in [0.5, 0.6) is 0 Å². The molecular formula is C13H21N3. The van der Waals surface area contributed by atoms with E-state index in [0.29, 0.717) is 11.9 Å². The van der Waals surface area contributed by atoms with E-state index in [9.17, 15) is 0 Å². The fraction of sp³-hybridized carbons (Fsp3) is 0.615. The zero-order valence-corrected chi connectivity index (χ0v) is 9.95. The average Bonchev–Trinajstić information content (AvgIpc) is 2.47. The summed E-state index contributed by atoms with van der Waals surface area (Å²) in [4.78, 5) is 4.10. The van der Waals surface area contributed by atoms with E-state index >= 15 is 0 Å². The molecule has 0 spiro atoms. The first-order chi connectivity index (χ1) is 7.74. The zero-order valence-electron chi connectivity index (χ0n) is 9.95. The summed E-state index contributed by atoms with van der Waals surface area (Å²) >= 11 is 0. The largest absolute Gasteiger partial charge is 0.384 e. The molecule has 0 bridgehead atoms. The predicted octanol–water partition coefficient (Wildman–Crippen LogP) is 3.04. The number of hydrogen-bond donors (Lipinski definition) is 2. The normalized spacial score (nSPS) is 26.1. The first-order valence-corrected chi connectivity index (χ1v) is 6.22. The summed E-state index contributed by atoms with van der Waals surface area (Å²) in [5, 5.41) is 3.55. The van der Waals surface area contributed by atoms with Gasteiger partial charge in [0.15, 0.2) is 0 Å². The number of hydrogen-bond acceptors (Lipinski definition) is 3. The lowest BCUT2D eigenvalue weighted by Crippen LogP contribution is -2.18. The third kappa shape index (κ3) is 3.12. The van der Waals surface area contributed by atoms with Gasteiger partial charge in [-0.3, -0.25) is 0 Å². The third-order valence-corrected chi connectivity index (χ3v) is 3.41. The second kappa shape index (κ2) is 5.19. The summed E-state index contributed by atoms with van der Waals surface area (Å²) in [6, 6.07) is 4.47. The lowest BCUT2D eigenvalue weighted by Gasteiger charge is -2.17. The molecule has 2 rings (SSSR count). The molecule has 0 aliphatic heterocycles. The highest BCUT2D eigenvalue weighted by Gasteiger charge is 2.15. The van der Waals surface area contributed by atoms with Crippen LogP contribution in [0.1, 0.15) is 39.0 Å². The van der Waals surface area contributed by atoms with Crippen molar-refractivity contribution in [2.24, 2.45) is 5.92 Å². The van der Waals surface area contributed by atoms with Gasteiger partial charge in [-0.2, -0.15) is 0 Å². The molecule has 3 heteroatoms. The number of nitrogens with two attached hydrogens (primary N) is 1. The van der Waals surface area contributed by atoms with Gasteiger partial charge in [0.1, 0.15) is 5.82 Å². The second-order valence-corrected chi connectivity index (χ2v) is 4.93. The van der Waals surface area contributed by atoms with Gasteiger partial charge in [-0.25, -0.2) is 4.98 Å². The second-order valence-electron chi connectivity index (χ2n) is 4.93. The van der Waals surface area contributed by atoms with Crippen LogP contribution in [0.15, 0.2) is 18.3 Å². The van der Waals surface area contributed by atoms with Crippen molar-refractivity contribution < 1.29 is 0 Å². The van der Waals surface area contributed by atoms with Crippen LogP contribution >= 0.6 is 0 Å². The lowest BCUT2D eigenvalue weighted by atomic mass is 10.0. The van der Waals surface area contributed by atoms with Crippen molar-refractivity contribution in [3.8, 4) is 0 Å². The van der Waals surface area contributed by atoms with Crippen LogP contribution in [0.2, 0.25) is 0 Å². The molecule has 3 nitrogen and oxygen atoms in total. The average molecular weight is 219 g/mol. The minimum absolute atomic E-state index is 0.583. The Morgan fingerprint density at radius 2 is 2.12 bits per heavy atom. The van der Waals surface area contributed by atoms with E-state index in [1.807, 2.05) is 18.3 Å². The Balaban J connectivity index is 1.91. The molecular weight excluding hydrogens is 198 g/mol. The molecule has 0 aromatic carbocycles. The van der Waals surface area contributed by atoms with Gasteiger partial charge in [-0.15, -0.1) is 0 Å². The number of anilines is 2. The van der Waals surface area contributed by atoms with E-state index in [1.165, 1.54) is 32.1 Å². The van der Waals surface area contributed by atoms with Crippen LogP contribution in [0.25, 0.3) is 0 Å². The summed E-state index contributed by atoms with van der Waals surface area (Å²) in [6.45, 7) is 2.35. The minimum atomic E-state index is 0.583. The van der Waals surface area contributed by atoms with Gasteiger partial charge in [-0.05, 0) is 37.3 Å². The molecule has 1 heterocycles. The summed E-state index contributed by atoms with van der Waals surface area (Å²) in [5.74, 6) is 1.47. The Morgan fingerprint density at radius 3 is 2.88 bits per heavy atom. The number of nitrogen functional groups attached to an aromatic ring is 1. The fourth-order valence-corrected chi connectivity index (χ4v) is 2.36. The number of nitrogens with zero attached hydrogens (tertiary/aromatic N) is 1. The quantitative estimate of drug-likeness (QED) is 0.752. The molecule has 1 fully saturated rings. The Kier molecular flexibility index (Phi) is 3.65. The van der Waals surface area contributed by atoms with Gasteiger partial charge in [0, 0.05) is 6.04 Å². The summed E-state index contributed by atoms with van der Waals surface area (Å²) in [6.07, 6.45) is 8.41. The first kappa shape index (κ1) is 11.2. The molecule has 3 N–H and O–H groups in total. The molecule has 2 atom stereocenters. The van der Waals surface area contributed by atoms with Crippen molar-refractivity contribution in [1.29, 1.82) is 0 Å². The number of aromatic nitrogens is 1. The predicted molar refractivity (Wildman–Crippen MR) is 68.3 cm³/mol. The molecule has 0 saturated heterocycles. The Labute approximate surface area is 97.5 Å². The van der Waals surface area contributed by atoms with Crippen molar-refractivity contribution in [2.45, 2.75) is 45.1 Å². The van der Waals surface area contributed by atoms with Crippen LogP contribution in [0, 0.1) is 5.92 Å². The molecule has 0 amide bonds. The maximum atomic E-state index is 5.56. The highest BCUT2D eigenvalue weighted by molar-refractivity contribution is 5.45. The minimum Gasteiger partial charge on any atom is -0.384 e. The van der Waals surface area contributed by atoms with E-state index in [1.54, 1.807) is 0 Å².